The summed E-state index contributed by atoms with van der Waals surface area (Å²) >= 11 is -2.08. The lowest BCUT2D eigenvalue weighted by atomic mass is 10.1. The summed E-state index contributed by atoms with van der Waals surface area (Å²) in [6.07, 6.45) is 0.400. The van der Waals surface area contributed by atoms with E-state index in [1.54, 1.807) is 0 Å². The van der Waals surface area contributed by atoms with Gasteiger partial charge in [0.05, 0.1) is 6.67 Å². The first-order valence-corrected chi connectivity index (χ1v) is 5.59. The van der Waals surface area contributed by atoms with Crippen molar-refractivity contribution in [3.63, 3.8) is 0 Å². The minimum atomic E-state index is -2.08. The van der Waals surface area contributed by atoms with Crippen LogP contribution in [-0.4, -0.2) is 33.3 Å². The molecule has 0 aromatic carbocycles. The van der Waals surface area contributed by atoms with Crippen LogP contribution >= 0.6 is 0 Å². The predicted octanol–water partition coefficient (Wildman–Crippen LogP) is 0.937. The fourth-order valence-corrected chi connectivity index (χ4v) is 1.45. The van der Waals surface area contributed by atoms with E-state index in [0.29, 0.717) is 12.8 Å². The fourth-order valence-electron chi connectivity index (χ4n) is 1.05. The largest absolute Gasteiger partial charge is 0.772 e. The van der Waals surface area contributed by atoms with Crippen molar-refractivity contribution in [3.8, 4) is 0 Å². The van der Waals surface area contributed by atoms with Crippen LogP contribution in [-0.2, 0) is 20.6 Å². The zero-order chi connectivity index (χ0) is 11.0. The topological polar surface area (TPSA) is 66.4 Å². The molecule has 4 nitrogen and oxygen atoms in total. The second-order valence-corrected chi connectivity index (χ2v) is 3.87. The second-order valence-electron chi connectivity index (χ2n) is 2.86. The maximum absolute atomic E-state index is 12.0. The maximum atomic E-state index is 12.0. The number of ether oxygens (including phenoxy) is 1. The molecule has 0 bridgehead atoms. The van der Waals surface area contributed by atoms with Gasteiger partial charge in [-0.1, -0.05) is 11.1 Å². The summed E-state index contributed by atoms with van der Waals surface area (Å²) in [6.45, 7) is 0.676. The first kappa shape index (κ1) is 13.5. The van der Waals surface area contributed by atoms with Crippen LogP contribution in [0.2, 0.25) is 0 Å². The number of hydrogen-bond acceptors (Lipinski definition) is 4. The molecule has 0 aliphatic heterocycles. The van der Waals surface area contributed by atoms with E-state index in [0.717, 1.165) is 0 Å². The van der Waals surface area contributed by atoms with E-state index in [1.807, 2.05) is 0 Å². The Morgan fingerprint density at radius 2 is 2.21 bits per heavy atom. The van der Waals surface area contributed by atoms with Crippen molar-refractivity contribution in [2.24, 2.45) is 0 Å². The third-order valence-electron chi connectivity index (χ3n) is 1.60. The molecular weight excluding hydrogens is 211 g/mol. The van der Waals surface area contributed by atoms with Crippen LogP contribution in [0.4, 0.5) is 4.39 Å². The lowest BCUT2D eigenvalue weighted by Gasteiger charge is -2.15. The van der Waals surface area contributed by atoms with Crippen LogP contribution in [0.5, 0.6) is 0 Å². The molecule has 0 saturated heterocycles. The lowest BCUT2D eigenvalue weighted by Crippen LogP contribution is -2.17. The normalized spacial score (nSPS) is 14.8. The van der Waals surface area contributed by atoms with Gasteiger partial charge in [-0.3, -0.25) is 13.4 Å². The Hall–Kier alpha value is -0.490. The van der Waals surface area contributed by atoms with Crippen molar-refractivity contribution in [3.05, 3.63) is 0 Å². The second kappa shape index (κ2) is 7.87. The number of carbonyl (C=O) groups is 1. The highest BCUT2D eigenvalue weighted by atomic mass is 32.2. The first-order valence-electron chi connectivity index (χ1n) is 4.35. The average molecular weight is 225 g/mol. The van der Waals surface area contributed by atoms with Crippen LogP contribution in [0, 0.1) is 0 Å². The van der Waals surface area contributed by atoms with Gasteiger partial charge in [0.15, 0.2) is 0 Å². The average Bonchev–Trinajstić information content (AvgIpc) is 2.02. The van der Waals surface area contributed by atoms with E-state index in [9.17, 15) is 17.9 Å². The molecule has 84 valence electrons. The molecule has 0 radical (unpaired) electrons. The molecule has 0 aliphatic rings. The molecule has 2 atom stereocenters. The molecule has 0 fully saturated rings. The molecule has 6 heteroatoms. The highest BCUT2D eigenvalue weighted by Crippen LogP contribution is 2.08. The number of halogens is 1. The van der Waals surface area contributed by atoms with Gasteiger partial charge < -0.3 is 9.29 Å². The van der Waals surface area contributed by atoms with Crippen LogP contribution < -0.4 is 0 Å². The molecule has 0 aromatic rings. The van der Waals surface area contributed by atoms with Gasteiger partial charge in [0.1, 0.15) is 6.10 Å². The molecule has 0 aliphatic carbocycles. The van der Waals surface area contributed by atoms with Crippen molar-refractivity contribution in [2.75, 3.05) is 12.4 Å². The van der Waals surface area contributed by atoms with Gasteiger partial charge >= 0.3 is 5.97 Å². The summed E-state index contributed by atoms with van der Waals surface area (Å²) in [7, 11) is 0. The van der Waals surface area contributed by atoms with Gasteiger partial charge in [0, 0.05) is 19.1 Å². The number of esters is 1. The fraction of sp³-hybridized carbons (Fsp3) is 0.875. The van der Waals surface area contributed by atoms with Crippen LogP contribution in [0.1, 0.15) is 26.2 Å². The molecule has 0 spiro atoms. The van der Waals surface area contributed by atoms with E-state index >= 15 is 0 Å². The van der Waals surface area contributed by atoms with Gasteiger partial charge in [-0.15, -0.1) is 0 Å². The Labute approximate surface area is 85.1 Å². The number of alkyl halides is 1. The first-order chi connectivity index (χ1) is 6.56. The van der Waals surface area contributed by atoms with Crippen molar-refractivity contribution >= 4 is 17.0 Å². The van der Waals surface area contributed by atoms with Gasteiger partial charge in [-0.05, 0) is 12.8 Å². The lowest BCUT2D eigenvalue weighted by molar-refractivity contribution is -0.147. The Bertz CT molecular complexity index is 198. The smallest absolute Gasteiger partial charge is 0.302 e. The molecular formula is C8H14FO4S-. The zero-order valence-electron chi connectivity index (χ0n) is 8.03. The third kappa shape index (κ3) is 8.12. The minimum Gasteiger partial charge on any atom is -0.772 e. The predicted molar refractivity (Wildman–Crippen MR) is 49.2 cm³/mol. The van der Waals surface area contributed by atoms with Crippen molar-refractivity contribution in [1.29, 1.82) is 0 Å². The van der Waals surface area contributed by atoms with Crippen LogP contribution in [0.25, 0.3) is 0 Å². The van der Waals surface area contributed by atoms with Gasteiger partial charge in [-0.25, -0.2) is 0 Å². The van der Waals surface area contributed by atoms with E-state index in [1.165, 1.54) is 6.92 Å². The highest BCUT2D eigenvalue weighted by Gasteiger charge is 2.11. The number of rotatable bonds is 7. The Morgan fingerprint density at radius 1 is 1.57 bits per heavy atom. The molecule has 14 heavy (non-hydrogen) atoms. The van der Waals surface area contributed by atoms with E-state index in [2.05, 4.69) is 0 Å². The summed E-state index contributed by atoms with van der Waals surface area (Å²) < 4.78 is 37.1. The summed E-state index contributed by atoms with van der Waals surface area (Å²) in [5.74, 6) is -0.448. The molecule has 0 amide bonds. The zero-order valence-corrected chi connectivity index (χ0v) is 8.85. The summed E-state index contributed by atoms with van der Waals surface area (Å²) in [4.78, 5) is 10.6. The molecule has 0 saturated carbocycles. The molecule has 0 heterocycles. The van der Waals surface area contributed by atoms with Gasteiger partial charge in [0.25, 0.3) is 0 Å². The SMILES string of the molecule is CC(=O)OC(CCF)CCCS(=O)[O-]. The van der Waals surface area contributed by atoms with Crippen molar-refractivity contribution < 1.29 is 22.7 Å². The van der Waals surface area contributed by atoms with Crippen LogP contribution in [0.3, 0.4) is 0 Å². The van der Waals surface area contributed by atoms with Gasteiger partial charge in [-0.2, -0.15) is 0 Å². The number of hydrogen-bond donors (Lipinski definition) is 0. The van der Waals surface area contributed by atoms with E-state index in [-0.39, 0.29) is 12.2 Å². The Balaban J connectivity index is 3.72. The third-order valence-corrected chi connectivity index (χ3v) is 2.22. The monoisotopic (exact) mass is 225 g/mol. The Morgan fingerprint density at radius 3 is 2.64 bits per heavy atom. The quantitative estimate of drug-likeness (QED) is 0.477. The summed E-state index contributed by atoms with van der Waals surface area (Å²) in [5, 5.41) is 0. The molecule has 0 rings (SSSR count). The van der Waals surface area contributed by atoms with E-state index < -0.39 is 29.8 Å². The van der Waals surface area contributed by atoms with Crippen molar-refractivity contribution in [2.45, 2.75) is 32.3 Å². The molecule has 0 N–H and O–H groups in total. The van der Waals surface area contributed by atoms with Crippen LogP contribution in [0.15, 0.2) is 0 Å². The summed E-state index contributed by atoms with van der Waals surface area (Å²) in [5.41, 5.74) is 0. The Kier molecular flexibility index (Phi) is 7.60. The van der Waals surface area contributed by atoms with Crippen molar-refractivity contribution in [1.82, 2.24) is 0 Å². The molecule has 0 aromatic heterocycles. The highest BCUT2D eigenvalue weighted by molar-refractivity contribution is 7.79. The summed E-state index contributed by atoms with van der Waals surface area (Å²) in [6, 6.07) is 0. The van der Waals surface area contributed by atoms with E-state index in [4.69, 9.17) is 4.74 Å². The minimum absolute atomic E-state index is 0.0179. The maximum Gasteiger partial charge on any atom is 0.302 e. The van der Waals surface area contributed by atoms with Gasteiger partial charge in [0.2, 0.25) is 0 Å². The standard InChI is InChI=1S/C8H15FO4S/c1-7(10)13-8(4-5-9)3-2-6-14(11)12/h8H,2-6H2,1H3,(H,11,12)/p-1. The number of carbonyl (C=O) groups excluding carboxylic acids is 1. The molecule has 2 unspecified atom stereocenters.